The highest BCUT2D eigenvalue weighted by molar-refractivity contribution is 5.94. The first-order chi connectivity index (χ1) is 14.8. The standard InChI is InChI=1S/C21H20N8O/c30-21(27-17-9-16-3-1-2-4-18(16)23-11-17)15-5-7-28(8-6-15)19-10-20(25-13-24-19)29-14-22-12-26-29/h1-4,9-15H,5-8H2,(H,27,30). The second kappa shape index (κ2) is 7.86. The number of amides is 1. The van der Waals surface area contributed by atoms with Gasteiger partial charge in [0.15, 0.2) is 5.82 Å². The molecule has 3 aromatic heterocycles. The van der Waals surface area contributed by atoms with Crippen molar-refractivity contribution in [3.05, 3.63) is 61.6 Å². The van der Waals surface area contributed by atoms with Gasteiger partial charge >= 0.3 is 0 Å². The Morgan fingerprint density at radius 1 is 1.00 bits per heavy atom. The topological polar surface area (TPSA) is 102 Å². The molecule has 1 aliphatic rings. The third-order valence-corrected chi connectivity index (χ3v) is 5.34. The molecule has 0 atom stereocenters. The van der Waals surface area contributed by atoms with Gasteiger partial charge in [0.05, 0.1) is 17.4 Å². The van der Waals surface area contributed by atoms with E-state index in [4.69, 9.17) is 0 Å². The molecule has 1 amide bonds. The fraction of sp³-hybridized carbons (Fsp3) is 0.238. The van der Waals surface area contributed by atoms with E-state index in [1.165, 1.54) is 12.7 Å². The number of nitrogens with one attached hydrogen (secondary N) is 1. The Kier molecular flexibility index (Phi) is 4.76. The first-order valence-corrected chi connectivity index (χ1v) is 9.84. The molecule has 1 saturated heterocycles. The molecule has 4 aromatic rings. The van der Waals surface area contributed by atoms with E-state index in [9.17, 15) is 4.79 Å². The van der Waals surface area contributed by atoms with Crippen molar-refractivity contribution in [3.8, 4) is 5.82 Å². The lowest BCUT2D eigenvalue weighted by molar-refractivity contribution is -0.120. The lowest BCUT2D eigenvalue weighted by Crippen LogP contribution is -2.38. The fourth-order valence-electron chi connectivity index (χ4n) is 3.72. The van der Waals surface area contributed by atoms with E-state index in [-0.39, 0.29) is 11.8 Å². The largest absolute Gasteiger partial charge is 0.356 e. The summed E-state index contributed by atoms with van der Waals surface area (Å²) in [7, 11) is 0. The van der Waals surface area contributed by atoms with Gasteiger partial charge in [0, 0.05) is 30.5 Å². The maximum Gasteiger partial charge on any atom is 0.227 e. The number of hydrogen-bond donors (Lipinski definition) is 1. The smallest absolute Gasteiger partial charge is 0.227 e. The lowest BCUT2D eigenvalue weighted by Gasteiger charge is -2.32. The summed E-state index contributed by atoms with van der Waals surface area (Å²) in [4.78, 5) is 31.9. The van der Waals surface area contributed by atoms with Crippen LogP contribution in [0.5, 0.6) is 0 Å². The Morgan fingerprint density at radius 3 is 2.67 bits per heavy atom. The zero-order valence-corrected chi connectivity index (χ0v) is 16.2. The third-order valence-electron chi connectivity index (χ3n) is 5.34. The molecule has 0 bridgehead atoms. The maximum atomic E-state index is 12.8. The number of carbonyl (C=O) groups excluding carboxylic acids is 1. The van der Waals surface area contributed by atoms with Gasteiger partial charge in [-0.1, -0.05) is 18.2 Å². The second-order valence-electron chi connectivity index (χ2n) is 7.24. The van der Waals surface area contributed by atoms with Crippen LogP contribution < -0.4 is 10.2 Å². The summed E-state index contributed by atoms with van der Waals surface area (Å²) >= 11 is 0. The average molecular weight is 400 g/mol. The monoisotopic (exact) mass is 400 g/mol. The van der Waals surface area contributed by atoms with Crippen molar-refractivity contribution in [2.45, 2.75) is 12.8 Å². The highest BCUT2D eigenvalue weighted by atomic mass is 16.1. The number of nitrogens with zero attached hydrogens (tertiary/aromatic N) is 7. The first kappa shape index (κ1) is 18.2. The molecule has 1 aromatic carbocycles. The number of piperidine rings is 1. The molecule has 1 aliphatic heterocycles. The Bertz CT molecular complexity index is 1170. The van der Waals surface area contributed by atoms with E-state index in [1.54, 1.807) is 17.2 Å². The van der Waals surface area contributed by atoms with E-state index >= 15 is 0 Å². The van der Waals surface area contributed by atoms with Crippen LogP contribution in [0.4, 0.5) is 11.5 Å². The Hall–Kier alpha value is -3.88. The van der Waals surface area contributed by atoms with Crippen LogP contribution in [0.25, 0.3) is 16.7 Å². The second-order valence-corrected chi connectivity index (χ2v) is 7.24. The quantitative estimate of drug-likeness (QED) is 0.561. The van der Waals surface area contributed by atoms with Crippen molar-refractivity contribution in [1.82, 2.24) is 29.7 Å². The zero-order chi connectivity index (χ0) is 20.3. The lowest BCUT2D eigenvalue weighted by atomic mass is 9.96. The molecule has 0 saturated carbocycles. The number of para-hydroxylation sites is 1. The molecule has 150 valence electrons. The van der Waals surface area contributed by atoms with E-state index in [0.29, 0.717) is 5.82 Å². The van der Waals surface area contributed by atoms with E-state index in [1.807, 2.05) is 36.4 Å². The van der Waals surface area contributed by atoms with Crippen molar-refractivity contribution in [2.75, 3.05) is 23.3 Å². The molecule has 1 fully saturated rings. The van der Waals surface area contributed by atoms with Gasteiger partial charge < -0.3 is 10.2 Å². The third kappa shape index (κ3) is 3.69. The first-order valence-electron chi connectivity index (χ1n) is 9.84. The van der Waals surface area contributed by atoms with Gasteiger partial charge in [0.1, 0.15) is 24.8 Å². The predicted molar refractivity (Wildman–Crippen MR) is 112 cm³/mol. The summed E-state index contributed by atoms with van der Waals surface area (Å²) in [5.74, 6) is 1.50. The molecule has 1 N–H and O–H groups in total. The number of hydrogen-bond acceptors (Lipinski definition) is 7. The van der Waals surface area contributed by atoms with Crippen LogP contribution in [0.3, 0.4) is 0 Å². The summed E-state index contributed by atoms with van der Waals surface area (Å²) in [6, 6.07) is 11.7. The number of anilines is 2. The predicted octanol–water partition coefficient (Wildman–Crippen LogP) is 2.46. The molecule has 5 rings (SSSR count). The number of fused-ring (bicyclic) bond motifs is 1. The zero-order valence-electron chi connectivity index (χ0n) is 16.2. The van der Waals surface area contributed by atoms with Gasteiger partial charge in [-0.05, 0) is 25.0 Å². The van der Waals surface area contributed by atoms with Crippen LogP contribution in [0.15, 0.2) is 61.6 Å². The molecule has 9 heteroatoms. The molecule has 0 spiro atoms. The van der Waals surface area contributed by atoms with E-state index in [0.717, 1.165) is 48.3 Å². The van der Waals surface area contributed by atoms with Crippen LogP contribution in [-0.4, -0.2) is 48.7 Å². The maximum absolute atomic E-state index is 12.8. The number of aromatic nitrogens is 6. The molecular formula is C21H20N8O. The normalized spacial score (nSPS) is 14.7. The number of benzene rings is 1. The SMILES string of the molecule is O=C(Nc1cnc2ccccc2c1)C1CCN(c2cc(-n3cncn3)ncn2)CC1. The van der Waals surface area contributed by atoms with Crippen molar-refractivity contribution in [3.63, 3.8) is 0 Å². The van der Waals surface area contributed by atoms with Crippen LogP contribution in [0.1, 0.15) is 12.8 Å². The number of carbonyl (C=O) groups is 1. The highest BCUT2D eigenvalue weighted by Crippen LogP contribution is 2.24. The van der Waals surface area contributed by atoms with Gasteiger partial charge in [0.2, 0.25) is 5.91 Å². The van der Waals surface area contributed by atoms with Crippen LogP contribution in [-0.2, 0) is 4.79 Å². The minimum atomic E-state index is -0.0376. The highest BCUT2D eigenvalue weighted by Gasteiger charge is 2.26. The van der Waals surface area contributed by atoms with Crippen molar-refractivity contribution >= 4 is 28.3 Å². The minimum Gasteiger partial charge on any atom is -0.356 e. The van der Waals surface area contributed by atoms with Crippen LogP contribution in [0.2, 0.25) is 0 Å². The summed E-state index contributed by atoms with van der Waals surface area (Å²) < 4.78 is 1.60. The van der Waals surface area contributed by atoms with E-state index in [2.05, 4.69) is 35.3 Å². The van der Waals surface area contributed by atoms with Gasteiger partial charge in [-0.3, -0.25) is 9.78 Å². The van der Waals surface area contributed by atoms with Crippen LogP contribution in [0, 0.1) is 5.92 Å². The molecule has 30 heavy (non-hydrogen) atoms. The number of pyridine rings is 1. The van der Waals surface area contributed by atoms with Crippen molar-refractivity contribution in [1.29, 1.82) is 0 Å². The Balaban J connectivity index is 1.22. The van der Waals surface area contributed by atoms with Crippen molar-refractivity contribution < 1.29 is 4.79 Å². The molecule has 0 unspecified atom stereocenters. The van der Waals surface area contributed by atoms with Gasteiger partial charge in [-0.2, -0.15) is 5.10 Å². The van der Waals surface area contributed by atoms with E-state index < -0.39 is 0 Å². The van der Waals surface area contributed by atoms with Gasteiger partial charge in [-0.15, -0.1) is 0 Å². The number of rotatable bonds is 4. The fourth-order valence-corrected chi connectivity index (χ4v) is 3.72. The Morgan fingerprint density at radius 2 is 1.83 bits per heavy atom. The van der Waals surface area contributed by atoms with Gasteiger partial charge in [0.25, 0.3) is 0 Å². The molecule has 0 aliphatic carbocycles. The van der Waals surface area contributed by atoms with Crippen molar-refractivity contribution in [2.24, 2.45) is 5.92 Å². The summed E-state index contributed by atoms with van der Waals surface area (Å²) in [5.41, 5.74) is 1.65. The molecular weight excluding hydrogens is 380 g/mol. The minimum absolute atomic E-state index is 0.0376. The summed E-state index contributed by atoms with van der Waals surface area (Å²) in [6.07, 6.45) is 7.83. The van der Waals surface area contributed by atoms with Gasteiger partial charge in [-0.25, -0.2) is 19.6 Å². The molecule has 4 heterocycles. The average Bonchev–Trinajstić information content (AvgIpc) is 3.34. The summed E-state index contributed by atoms with van der Waals surface area (Å²) in [5, 5.41) is 8.14. The molecule has 9 nitrogen and oxygen atoms in total. The Labute approximate surface area is 172 Å². The summed E-state index contributed by atoms with van der Waals surface area (Å²) in [6.45, 7) is 1.50. The molecule has 0 radical (unpaired) electrons. The van der Waals surface area contributed by atoms with Crippen LogP contribution >= 0.6 is 0 Å².